The molecule has 0 aromatic heterocycles. The van der Waals surface area contributed by atoms with E-state index in [2.05, 4.69) is 5.32 Å². The van der Waals surface area contributed by atoms with Crippen LogP contribution in [0, 0.1) is 13.8 Å². The van der Waals surface area contributed by atoms with Crippen molar-refractivity contribution in [3.8, 4) is 0 Å². The highest BCUT2D eigenvalue weighted by Gasteiger charge is 2.40. The molecule has 0 radical (unpaired) electrons. The average molecular weight is 249 g/mol. The number of carbonyl (C=O) groups is 1. The second kappa shape index (κ2) is 4.98. The van der Waals surface area contributed by atoms with Crippen LogP contribution in [0.3, 0.4) is 0 Å². The number of carboxylic acid groups (broad SMARTS) is 1. The van der Waals surface area contributed by atoms with Crippen LogP contribution in [0.4, 0.5) is 5.69 Å². The van der Waals surface area contributed by atoms with E-state index < -0.39 is 11.5 Å². The lowest BCUT2D eigenvalue weighted by molar-refractivity contribution is -0.145. The Labute approximate surface area is 107 Å². The number of hydrogen-bond acceptors (Lipinski definition) is 3. The summed E-state index contributed by atoms with van der Waals surface area (Å²) >= 11 is 0. The van der Waals surface area contributed by atoms with Crippen LogP contribution in [0.15, 0.2) is 18.2 Å². The van der Waals surface area contributed by atoms with E-state index >= 15 is 0 Å². The van der Waals surface area contributed by atoms with Gasteiger partial charge in [-0.05, 0) is 37.1 Å². The van der Waals surface area contributed by atoms with Crippen LogP contribution in [0.2, 0.25) is 0 Å². The van der Waals surface area contributed by atoms with E-state index in [1.165, 1.54) is 5.56 Å². The maximum Gasteiger partial charge on any atom is 0.329 e. The molecule has 0 saturated carbocycles. The lowest BCUT2D eigenvalue weighted by atomic mass is 9.89. The molecule has 1 aliphatic heterocycles. The van der Waals surface area contributed by atoms with Crippen LogP contribution in [-0.2, 0) is 9.53 Å². The minimum atomic E-state index is -0.889. The van der Waals surface area contributed by atoms with E-state index in [9.17, 15) is 9.90 Å². The van der Waals surface area contributed by atoms with Crippen molar-refractivity contribution in [1.82, 2.24) is 0 Å². The van der Waals surface area contributed by atoms with Gasteiger partial charge in [0.15, 0.2) is 0 Å². The minimum absolute atomic E-state index is 0.490. The highest BCUT2D eigenvalue weighted by Crippen LogP contribution is 2.27. The standard InChI is InChI=1S/C14H19NO3/c1-10-3-4-12(9-11(10)2)15-14(13(16)17)5-7-18-8-6-14/h3-4,9,15H,5-8H2,1-2H3,(H,16,17). The minimum Gasteiger partial charge on any atom is -0.480 e. The van der Waals surface area contributed by atoms with Crippen molar-refractivity contribution in [1.29, 1.82) is 0 Å². The third-order valence-corrected chi connectivity index (χ3v) is 3.65. The van der Waals surface area contributed by atoms with Gasteiger partial charge in [0, 0.05) is 31.7 Å². The predicted octanol–water partition coefficient (Wildman–Crippen LogP) is 2.35. The Morgan fingerprint density at radius 3 is 2.50 bits per heavy atom. The van der Waals surface area contributed by atoms with Crippen LogP contribution in [-0.4, -0.2) is 29.8 Å². The fourth-order valence-corrected chi connectivity index (χ4v) is 2.21. The average Bonchev–Trinajstić information content (AvgIpc) is 2.35. The first-order valence-corrected chi connectivity index (χ1v) is 6.20. The van der Waals surface area contributed by atoms with E-state index in [1.807, 2.05) is 32.0 Å². The topological polar surface area (TPSA) is 58.6 Å². The largest absolute Gasteiger partial charge is 0.480 e. The molecule has 0 spiro atoms. The first kappa shape index (κ1) is 12.9. The van der Waals surface area contributed by atoms with E-state index in [-0.39, 0.29) is 0 Å². The SMILES string of the molecule is Cc1ccc(NC2(C(=O)O)CCOCC2)cc1C. The maximum absolute atomic E-state index is 11.5. The molecule has 2 N–H and O–H groups in total. The summed E-state index contributed by atoms with van der Waals surface area (Å²) < 4.78 is 5.25. The van der Waals surface area contributed by atoms with E-state index in [1.54, 1.807) is 0 Å². The molecule has 18 heavy (non-hydrogen) atoms. The lowest BCUT2D eigenvalue weighted by Crippen LogP contribution is -2.50. The zero-order valence-corrected chi connectivity index (χ0v) is 10.8. The molecular weight excluding hydrogens is 230 g/mol. The number of anilines is 1. The third-order valence-electron chi connectivity index (χ3n) is 3.65. The summed E-state index contributed by atoms with van der Waals surface area (Å²) in [4.78, 5) is 11.5. The molecule has 1 aromatic carbocycles. The summed E-state index contributed by atoms with van der Waals surface area (Å²) in [7, 11) is 0. The van der Waals surface area contributed by atoms with Crippen molar-refractivity contribution in [2.75, 3.05) is 18.5 Å². The second-order valence-electron chi connectivity index (χ2n) is 4.92. The third kappa shape index (κ3) is 2.48. The highest BCUT2D eigenvalue weighted by molar-refractivity contribution is 5.83. The van der Waals surface area contributed by atoms with E-state index in [4.69, 9.17) is 4.74 Å². The van der Waals surface area contributed by atoms with Gasteiger partial charge in [0.05, 0.1) is 0 Å². The number of ether oxygens (including phenoxy) is 1. The van der Waals surface area contributed by atoms with Gasteiger partial charge in [-0.15, -0.1) is 0 Å². The fraction of sp³-hybridized carbons (Fsp3) is 0.500. The van der Waals surface area contributed by atoms with E-state index in [0.717, 1.165) is 11.3 Å². The van der Waals surface area contributed by atoms with Gasteiger partial charge < -0.3 is 15.2 Å². The van der Waals surface area contributed by atoms with Crippen molar-refractivity contribution in [2.24, 2.45) is 0 Å². The van der Waals surface area contributed by atoms with Crippen LogP contribution < -0.4 is 5.32 Å². The van der Waals surface area contributed by atoms with Gasteiger partial charge in [-0.1, -0.05) is 6.07 Å². The zero-order chi connectivity index (χ0) is 13.2. The predicted molar refractivity (Wildman–Crippen MR) is 70.0 cm³/mol. The zero-order valence-electron chi connectivity index (χ0n) is 10.8. The van der Waals surface area contributed by atoms with Gasteiger partial charge in [0.1, 0.15) is 5.54 Å². The molecule has 1 saturated heterocycles. The summed E-state index contributed by atoms with van der Waals surface area (Å²) in [5.41, 5.74) is 2.34. The molecular formula is C14H19NO3. The van der Waals surface area contributed by atoms with Gasteiger partial charge in [-0.3, -0.25) is 0 Å². The highest BCUT2D eigenvalue weighted by atomic mass is 16.5. The molecule has 2 rings (SSSR count). The molecule has 1 fully saturated rings. The molecule has 0 aliphatic carbocycles. The molecule has 1 aromatic rings. The summed E-state index contributed by atoms with van der Waals surface area (Å²) in [6, 6.07) is 5.94. The summed E-state index contributed by atoms with van der Waals surface area (Å²) in [6.45, 7) is 5.05. The number of aliphatic carboxylic acids is 1. The second-order valence-corrected chi connectivity index (χ2v) is 4.92. The van der Waals surface area contributed by atoms with Crippen LogP contribution in [0.1, 0.15) is 24.0 Å². The van der Waals surface area contributed by atoms with Crippen molar-refractivity contribution in [3.63, 3.8) is 0 Å². The summed E-state index contributed by atoms with van der Waals surface area (Å²) in [5.74, 6) is -0.802. The van der Waals surface area contributed by atoms with Crippen molar-refractivity contribution in [2.45, 2.75) is 32.2 Å². The Hall–Kier alpha value is -1.55. The molecule has 0 bridgehead atoms. The quantitative estimate of drug-likeness (QED) is 0.863. The van der Waals surface area contributed by atoms with Crippen molar-refractivity contribution in [3.05, 3.63) is 29.3 Å². The number of aryl methyl sites for hydroxylation is 2. The molecule has 0 atom stereocenters. The molecule has 4 heteroatoms. The number of carboxylic acids is 1. The number of nitrogens with one attached hydrogen (secondary N) is 1. The van der Waals surface area contributed by atoms with Gasteiger partial charge in [-0.2, -0.15) is 0 Å². The molecule has 1 heterocycles. The van der Waals surface area contributed by atoms with Gasteiger partial charge >= 0.3 is 5.97 Å². The monoisotopic (exact) mass is 249 g/mol. The van der Waals surface area contributed by atoms with Crippen molar-refractivity contribution >= 4 is 11.7 Å². The Morgan fingerprint density at radius 1 is 1.28 bits per heavy atom. The molecule has 0 amide bonds. The number of benzene rings is 1. The Bertz CT molecular complexity index is 450. The lowest BCUT2D eigenvalue weighted by Gasteiger charge is -2.35. The van der Waals surface area contributed by atoms with Gasteiger partial charge in [0.25, 0.3) is 0 Å². The summed E-state index contributed by atoms with van der Waals surface area (Å²) in [5, 5.41) is 12.6. The van der Waals surface area contributed by atoms with Gasteiger partial charge in [-0.25, -0.2) is 4.79 Å². The van der Waals surface area contributed by atoms with Crippen LogP contribution >= 0.6 is 0 Å². The Morgan fingerprint density at radius 2 is 1.94 bits per heavy atom. The van der Waals surface area contributed by atoms with E-state index in [0.29, 0.717) is 26.1 Å². The summed E-state index contributed by atoms with van der Waals surface area (Å²) in [6.07, 6.45) is 0.991. The molecule has 1 aliphatic rings. The molecule has 4 nitrogen and oxygen atoms in total. The Balaban J connectivity index is 2.23. The maximum atomic E-state index is 11.5. The normalized spacial score (nSPS) is 18.3. The molecule has 98 valence electrons. The fourth-order valence-electron chi connectivity index (χ4n) is 2.21. The van der Waals surface area contributed by atoms with Crippen LogP contribution in [0.5, 0.6) is 0 Å². The first-order valence-electron chi connectivity index (χ1n) is 6.20. The number of hydrogen-bond donors (Lipinski definition) is 2. The first-order chi connectivity index (χ1) is 8.53. The van der Waals surface area contributed by atoms with Gasteiger partial charge in [0.2, 0.25) is 0 Å². The smallest absolute Gasteiger partial charge is 0.329 e. The molecule has 0 unspecified atom stereocenters. The number of rotatable bonds is 3. The van der Waals surface area contributed by atoms with Crippen LogP contribution in [0.25, 0.3) is 0 Å². The van der Waals surface area contributed by atoms with Crippen molar-refractivity contribution < 1.29 is 14.6 Å². The Kier molecular flexibility index (Phi) is 3.57.